The van der Waals surface area contributed by atoms with Crippen LogP contribution in [-0.4, -0.2) is 19.8 Å². The zero-order valence-corrected chi connectivity index (χ0v) is 8.29. The van der Waals surface area contributed by atoms with Crippen LogP contribution in [0.3, 0.4) is 0 Å². The van der Waals surface area contributed by atoms with Crippen LogP contribution in [-0.2, 0) is 18.1 Å². The molecule has 3 saturated heterocycles. The molecule has 0 amide bonds. The Morgan fingerprint density at radius 2 is 1.62 bits per heavy atom. The van der Waals surface area contributed by atoms with Gasteiger partial charge in [-0.2, -0.15) is 0 Å². The van der Waals surface area contributed by atoms with Crippen LogP contribution in [0.5, 0.6) is 0 Å². The van der Waals surface area contributed by atoms with E-state index >= 15 is 0 Å². The van der Waals surface area contributed by atoms with Gasteiger partial charge in [0.25, 0.3) is 0 Å². The molecule has 4 fully saturated rings. The molecule has 0 atom stereocenters. The number of phosphoric acid groups is 1. The smallest absolute Gasteiger partial charge is 0.286 e. The van der Waals surface area contributed by atoms with E-state index in [2.05, 4.69) is 0 Å². The summed E-state index contributed by atoms with van der Waals surface area (Å²) in [7, 11) is -3.10. The highest BCUT2D eigenvalue weighted by Gasteiger charge is 2.55. The SMILES string of the molecule is O=P12OCC(C3CCC3)(CO1)CO2. The van der Waals surface area contributed by atoms with E-state index in [0.717, 1.165) is 0 Å². The van der Waals surface area contributed by atoms with Gasteiger partial charge >= 0.3 is 7.82 Å². The molecule has 4 nitrogen and oxygen atoms in total. The molecule has 0 radical (unpaired) electrons. The zero-order chi connectivity index (χ0) is 8.94. The predicted molar refractivity (Wildman–Crippen MR) is 45.2 cm³/mol. The van der Waals surface area contributed by atoms with Gasteiger partial charge in [0.15, 0.2) is 0 Å². The summed E-state index contributed by atoms with van der Waals surface area (Å²) in [4.78, 5) is 0. The number of rotatable bonds is 1. The monoisotopic (exact) mass is 204 g/mol. The van der Waals surface area contributed by atoms with E-state index < -0.39 is 7.82 Å². The van der Waals surface area contributed by atoms with Crippen LogP contribution in [0.4, 0.5) is 0 Å². The number of fused-ring (bicyclic) bond motifs is 3. The Labute approximate surface area is 77.2 Å². The molecule has 0 unspecified atom stereocenters. The van der Waals surface area contributed by atoms with E-state index in [4.69, 9.17) is 13.6 Å². The van der Waals surface area contributed by atoms with Crippen LogP contribution < -0.4 is 0 Å². The predicted octanol–water partition coefficient (Wildman–Crippen LogP) is 1.96. The molecule has 4 rings (SSSR count). The van der Waals surface area contributed by atoms with Crippen molar-refractivity contribution in [2.75, 3.05) is 19.8 Å². The molecule has 74 valence electrons. The number of hydrogen-bond acceptors (Lipinski definition) is 4. The first-order valence-electron chi connectivity index (χ1n) is 4.76. The lowest BCUT2D eigenvalue weighted by Gasteiger charge is -2.51. The van der Waals surface area contributed by atoms with E-state index in [-0.39, 0.29) is 5.41 Å². The van der Waals surface area contributed by atoms with Crippen molar-refractivity contribution in [2.45, 2.75) is 19.3 Å². The van der Waals surface area contributed by atoms with Crippen LogP contribution in [0.15, 0.2) is 0 Å². The molecule has 2 bridgehead atoms. The molecule has 0 aromatic carbocycles. The maximum Gasteiger partial charge on any atom is 0.474 e. The van der Waals surface area contributed by atoms with Crippen molar-refractivity contribution in [1.82, 2.24) is 0 Å². The molecule has 4 aliphatic rings. The molecule has 3 aliphatic heterocycles. The summed E-state index contributed by atoms with van der Waals surface area (Å²) in [6.07, 6.45) is 3.77. The van der Waals surface area contributed by atoms with Gasteiger partial charge in [0.05, 0.1) is 19.8 Å². The fourth-order valence-corrected chi connectivity index (χ4v) is 3.70. The quantitative estimate of drug-likeness (QED) is 0.612. The van der Waals surface area contributed by atoms with Crippen molar-refractivity contribution < 1.29 is 18.1 Å². The van der Waals surface area contributed by atoms with Gasteiger partial charge in [-0.3, -0.25) is 13.6 Å². The van der Waals surface area contributed by atoms with Gasteiger partial charge < -0.3 is 0 Å². The van der Waals surface area contributed by atoms with Crippen LogP contribution in [0, 0.1) is 11.3 Å². The Morgan fingerprint density at radius 1 is 1.08 bits per heavy atom. The highest BCUT2D eigenvalue weighted by atomic mass is 31.2. The average molecular weight is 204 g/mol. The van der Waals surface area contributed by atoms with E-state index in [1.54, 1.807) is 0 Å². The van der Waals surface area contributed by atoms with Crippen molar-refractivity contribution in [3.05, 3.63) is 0 Å². The first-order valence-corrected chi connectivity index (χ1v) is 6.22. The van der Waals surface area contributed by atoms with E-state index in [1.165, 1.54) is 19.3 Å². The van der Waals surface area contributed by atoms with Crippen LogP contribution in [0.25, 0.3) is 0 Å². The maximum atomic E-state index is 11.4. The summed E-state index contributed by atoms with van der Waals surface area (Å²) in [5.74, 6) is 0.654. The van der Waals surface area contributed by atoms with Crippen molar-refractivity contribution >= 4 is 7.82 Å². The summed E-state index contributed by atoms with van der Waals surface area (Å²) in [5, 5.41) is 0. The fourth-order valence-electron chi connectivity index (χ4n) is 2.23. The van der Waals surface area contributed by atoms with Gasteiger partial charge in [0, 0.05) is 5.41 Å². The third-order valence-corrected chi connectivity index (χ3v) is 4.84. The summed E-state index contributed by atoms with van der Waals surface area (Å²) in [6, 6.07) is 0. The molecule has 3 heterocycles. The first-order chi connectivity index (χ1) is 6.23. The molecule has 0 aromatic heterocycles. The van der Waals surface area contributed by atoms with Crippen LogP contribution in [0.2, 0.25) is 0 Å². The normalized spacial score (nSPS) is 50.5. The number of hydrogen-bond donors (Lipinski definition) is 0. The lowest BCUT2D eigenvalue weighted by molar-refractivity contribution is -0.137. The third-order valence-electron chi connectivity index (χ3n) is 3.50. The molecule has 0 spiro atoms. The zero-order valence-electron chi connectivity index (χ0n) is 7.40. The summed E-state index contributed by atoms with van der Waals surface area (Å²) in [5.41, 5.74) is 0.0183. The highest BCUT2D eigenvalue weighted by Crippen LogP contribution is 2.63. The summed E-state index contributed by atoms with van der Waals surface area (Å²) < 4.78 is 26.9. The largest absolute Gasteiger partial charge is 0.474 e. The van der Waals surface area contributed by atoms with Crippen molar-refractivity contribution in [1.29, 1.82) is 0 Å². The lowest BCUT2D eigenvalue weighted by atomic mass is 9.66. The lowest BCUT2D eigenvalue weighted by Crippen LogP contribution is -2.51. The topological polar surface area (TPSA) is 44.8 Å². The van der Waals surface area contributed by atoms with Gasteiger partial charge in [-0.25, -0.2) is 4.57 Å². The second-order valence-corrected chi connectivity index (χ2v) is 5.93. The van der Waals surface area contributed by atoms with Gasteiger partial charge in [0.2, 0.25) is 0 Å². The maximum absolute atomic E-state index is 11.4. The summed E-state index contributed by atoms with van der Waals surface area (Å²) in [6.45, 7) is 1.69. The Hall–Kier alpha value is 0.110. The summed E-state index contributed by atoms with van der Waals surface area (Å²) >= 11 is 0. The standard InChI is InChI=1S/C8H13O4P/c9-13-10-4-8(5-11-13,6-12-13)7-2-1-3-7/h7H,1-6H2. The van der Waals surface area contributed by atoms with Crippen molar-refractivity contribution in [2.24, 2.45) is 11.3 Å². The molecular weight excluding hydrogens is 191 g/mol. The van der Waals surface area contributed by atoms with Crippen LogP contribution >= 0.6 is 7.82 Å². The Kier molecular flexibility index (Phi) is 1.67. The van der Waals surface area contributed by atoms with Crippen molar-refractivity contribution in [3.8, 4) is 0 Å². The van der Waals surface area contributed by atoms with E-state index in [0.29, 0.717) is 25.7 Å². The molecular formula is C8H13O4P. The molecule has 0 aromatic rings. The van der Waals surface area contributed by atoms with Gasteiger partial charge in [-0.15, -0.1) is 0 Å². The Morgan fingerprint density at radius 3 is 2.00 bits per heavy atom. The Balaban J connectivity index is 1.82. The fraction of sp³-hybridized carbons (Fsp3) is 1.00. The van der Waals surface area contributed by atoms with Gasteiger partial charge in [-0.1, -0.05) is 6.42 Å². The van der Waals surface area contributed by atoms with E-state index in [9.17, 15) is 4.57 Å². The minimum absolute atomic E-state index is 0.0183. The Bertz CT molecular complexity index is 242. The first kappa shape index (κ1) is 8.42. The van der Waals surface area contributed by atoms with Gasteiger partial charge in [-0.05, 0) is 18.8 Å². The molecule has 0 N–H and O–H groups in total. The minimum Gasteiger partial charge on any atom is -0.286 e. The highest BCUT2D eigenvalue weighted by molar-refractivity contribution is 7.48. The average Bonchev–Trinajstić information content (AvgIpc) is 2.04. The second kappa shape index (κ2) is 2.57. The minimum atomic E-state index is -3.10. The van der Waals surface area contributed by atoms with Crippen LogP contribution in [0.1, 0.15) is 19.3 Å². The second-order valence-electron chi connectivity index (χ2n) is 4.26. The molecule has 1 aliphatic carbocycles. The molecule has 1 saturated carbocycles. The van der Waals surface area contributed by atoms with Crippen molar-refractivity contribution in [3.63, 3.8) is 0 Å². The number of phosphoric ester groups is 1. The van der Waals surface area contributed by atoms with E-state index in [1.807, 2.05) is 0 Å². The van der Waals surface area contributed by atoms with Gasteiger partial charge in [0.1, 0.15) is 0 Å². The molecule has 13 heavy (non-hydrogen) atoms. The molecule has 5 heteroatoms. The third kappa shape index (κ3) is 1.13.